The Morgan fingerprint density at radius 2 is 1.67 bits per heavy atom. The van der Waals surface area contributed by atoms with Gasteiger partial charge in [0.1, 0.15) is 12.4 Å². The van der Waals surface area contributed by atoms with E-state index < -0.39 is 5.41 Å². The topological polar surface area (TPSA) is 50.8 Å². The minimum atomic E-state index is -0.424. The van der Waals surface area contributed by atoms with Crippen molar-refractivity contribution in [2.75, 3.05) is 44.8 Å². The second kappa shape index (κ2) is 10.1. The van der Waals surface area contributed by atoms with Gasteiger partial charge in [0.05, 0.1) is 18.6 Å². The fraction of sp³-hybridized carbons (Fsp3) is 0.480. The molecule has 1 saturated heterocycles. The van der Waals surface area contributed by atoms with Crippen LogP contribution in [-0.4, -0.2) is 50.3 Å². The van der Waals surface area contributed by atoms with Crippen molar-refractivity contribution in [2.24, 2.45) is 0 Å². The van der Waals surface area contributed by atoms with E-state index in [9.17, 15) is 4.79 Å². The van der Waals surface area contributed by atoms with Crippen molar-refractivity contribution < 1.29 is 14.3 Å². The van der Waals surface area contributed by atoms with Gasteiger partial charge in [-0.15, -0.1) is 0 Å². The predicted octanol–water partition coefficient (Wildman–Crippen LogP) is 4.24. The molecule has 4 rings (SSSR count). The van der Waals surface area contributed by atoms with Gasteiger partial charge in [-0.25, -0.2) is 0 Å². The van der Waals surface area contributed by atoms with E-state index in [2.05, 4.69) is 22.3 Å². The number of carbonyl (C=O) groups is 1. The zero-order valence-corrected chi connectivity index (χ0v) is 17.6. The molecule has 1 amide bonds. The first kappa shape index (κ1) is 20.9. The summed E-state index contributed by atoms with van der Waals surface area (Å²) in [5.74, 6) is 0.936. The van der Waals surface area contributed by atoms with E-state index in [1.165, 1.54) is 6.42 Å². The molecule has 5 heteroatoms. The number of amides is 1. The van der Waals surface area contributed by atoms with Gasteiger partial charge in [0, 0.05) is 25.3 Å². The maximum absolute atomic E-state index is 13.4. The molecule has 160 valence electrons. The van der Waals surface area contributed by atoms with Crippen LogP contribution in [0.1, 0.15) is 37.7 Å². The molecule has 1 aliphatic carbocycles. The summed E-state index contributed by atoms with van der Waals surface area (Å²) in [5, 5.41) is 3.17. The molecule has 2 aromatic carbocycles. The minimum absolute atomic E-state index is 0.106. The molecule has 0 radical (unpaired) electrons. The average molecular weight is 409 g/mol. The van der Waals surface area contributed by atoms with Gasteiger partial charge < -0.3 is 14.8 Å². The van der Waals surface area contributed by atoms with Gasteiger partial charge in [-0.3, -0.25) is 9.69 Å². The Hall–Kier alpha value is -2.37. The molecule has 30 heavy (non-hydrogen) atoms. The van der Waals surface area contributed by atoms with Crippen LogP contribution in [0, 0.1) is 0 Å². The van der Waals surface area contributed by atoms with Crippen molar-refractivity contribution in [3.63, 3.8) is 0 Å². The SMILES string of the molecule is O=C(Nc1ccc(OCCN2CCOCC2)cc1)C1(c2ccccc2)CCCCC1. The number of ether oxygens (including phenoxy) is 2. The van der Waals surface area contributed by atoms with Crippen molar-refractivity contribution >= 4 is 11.6 Å². The van der Waals surface area contributed by atoms with Crippen LogP contribution in [0.3, 0.4) is 0 Å². The smallest absolute Gasteiger partial charge is 0.235 e. The lowest BCUT2D eigenvalue weighted by Crippen LogP contribution is -2.42. The molecule has 0 aromatic heterocycles. The third-order valence-electron chi connectivity index (χ3n) is 6.36. The van der Waals surface area contributed by atoms with E-state index in [-0.39, 0.29) is 5.91 Å². The maximum atomic E-state index is 13.4. The summed E-state index contributed by atoms with van der Waals surface area (Å²) in [4.78, 5) is 15.7. The molecule has 1 aliphatic heterocycles. The van der Waals surface area contributed by atoms with Gasteiger partial charge >= 0.3 is 0 Å². The monoisotopic (exact) mass is 408 g/mol. The summed E-state index contributed by atoms with van der Waals surface area (Å²) >= 11 is 0. The Morgan fingerprint density at radius 1 is 0.967 bits per heavy atom. The van der Waals surface area contributed by atoms with Gasteiger partial charge in [0.25, 0.3) is 0 Å². The number of rotatable bonds is 7. The van der Waals surface area contributed by atoms with Crippen molar-refractivity contribution in [3.05, 3.63) is 60.2 Å². The molecule has 1 heterocycles. The predicted molar refractivity (Wildman–Crippen MR) is 119 cm³/mol. The van der Waals surface area contributed by atoms with Crippen molar-refractivity contribution in [2.45, 2.75) is 37.5 Å². The summed E-state index contributed by atoms with van der Waals surface area (Å²) in [6.07, 6.45) is 5.21. The van der Waals surface area contributed by atoms with Gasteiger partial charge in [-0.2, -0.15) is 0 Å². The highest BCUT2D eigenvalue weighted by Crippen LogP contribution is 2.40. The zero-order valence-electron chi connectivity index (χ0n) is 17.6. The summed E-state index contributed by atoms with van der Waals surface area (Å²) in [6.45, 7) is 5.11. The van der Waals surface area contributed by atoms with Crippen molar-refractivity contribution in [1.29, 1.82) is 0 Å². The Balaban J connectivity index is 1.35. The molecule has 2 aromatic rings. The molecular formula is C25H32N2O3. The van der Waals surface area contributed by atoms with E-state index in [0.717, 1.165) is 75.5 Å². The van der Waals surface area contributed by atoms with Gasteiger partial charge in [-0.05, 0) is 42.7 Å². The molecular weight excluding hydrogens is 376 g/mol. The third kappa shape index (κ3) is 5.02. The second-order valence-corrected chi connectivity index (χ2v) is 8.29. The Labute approximate surface area is 179 Å². The summed E-state index contributed by atoms with van der Waals surface area (Å²) < 4.78 is 11.3. The second-order valence-electron chi connectivity index (χ2n) is 8.29. The molecule has 0 atom stereocenters. The quantitative estimate of drug-likeness (QED) is 0.745. The Kier molecular flexibility index (Phi) is 7.03. The fourth-order valence-electron chi connectivity index (χ4n) is 4.56. The fourth-order valence-corrected chi connectivity index (χ4v) is 4.56. The lowest BCUT2D eigenvalue weighted by Gasteiger charge is -2.36. The summed E-state index contributed by atoms with van der Waals surface area (Å²) in [7, 11) is 0. The Morgan fingerprint density at radius 3 is 2.37 bits per heavy atom. The number of nitrogens with zero attached hydrogens (tertiary/aromatic N) is 1. The molecule has 2 aliphatic rings. The lowest BCUT2D eigenvalue weighted by atomic mass is 9.68. The number of hydrogen-bond donors (Lipinski definition) is 1. The van der Waals surface area contributed by atoms with Crippen LogP contribution in [0.2, 0.25) is 0 Å². The van der Waals surface area contributed by atoms with Crippen LogP contribution in [-0.2, 0) is 14.9 Å². The van der Waals surface area contributed by atoms with E-state index in [0.29, 0.717) is 6.61 Å². The van der Waals surface area contributed by atoms with E-state index in [1.807, 2.05) is 42.5 Å². The number of anilines is 1. The highest BCUT2D eigenvalue weighted by molar-refractivity contribution is 5.99. The van der Waals surface area contributed by atoms with E-state index >= 15 is 0 Å². The normalized spacial score (nSPS) is 19.2. The molecule has 1 N–H and O–H groups in total. The van der Waals surface area contributed by atoms with Gasteiger partial charge in [0.15, 0.2) is 0 Å². The van der Waals surface area contributed by atoms with Gasteiger partial charge in [-0.1, -0.05) is 49.6 Å². The summed E-state index contributed by atoms with van der Waals surface area (Å²) in [5.41, 5.74) is 1.53. The molecule has 0 bridgehead atoms. The number of hydrogen-bond acceptors (Lipinski definition) is 4. The van der Waals surface area contributed by atoms with Crippen LogP contribution >= 0.6 is 0 Å². The van der Waals surface area contributed by atoms with E-state index in [1.54, 1.807) is 0 Å². The highest BCUT2D eigenvalue weighted by Gasteiger charge is 2.40. The molecule has 1 saturated carbocycles. The first-order valence-corrected chi connectivity index (χ1v) is 11.2. The molecule has 2 fully saturated rings. The minimum Gasteiger partial charge on any atom is -0.492 e. The average Bonchev–Trinajstić information content (AvgIpc) is 2.82. The van der Waals surface area contributed by atoms with Crippen LogP contribution in [0.15, 0.2) is 54.6 Å². The van der Waals surface area contributed by atoms with Crippen LogP contribution in [0.25, 0.3) is 0 Å². The van der Waals surface area contributed by atoms with Crippen molar-refractivity contribution in [1.82, 2.24) is 4.90 Å². The maximum Gasteiger partial charge on any atom is 0.235 e. The molecule has 0 spiro atoms. The molecule has 5 nitrogen and oxygen atoms in total. The zero-order chi connectivity index (χ0) is 20.7. The highest BCUT2D eigenvalue weighted by atomic mass is 16.5. The summed E-state index contributed by atoms with van der Waals surface area (Å²) in [6, 6.07) is 18.0. The number of nitrogens with one attached hydrogen (secondary N) is 1. The Bertz CT molecular complexity index is 795. The third-order valence-corrected chi connectivity index (χ3v) is 6.36. The van der Waals surface area contributed by atoms with Crippen molar-refractivity contribution in [3.8, 4) is 5.75 Å². The number of carbonyl (C=O) groups excluding carboxylic acids is 1. The lowest BCUT2D eigenvalue weighted by molar-refractivity contribution is -0.122. The molecule has 0 unspecified atom stereocenters. The first-order valence-electron chi connectivity index (χ1n) is 11.2. The van der Waals surface area contributed by atoms with E-state index in [4.69, 9.17) is 9.47 Å². The van der Waals surface area contributed by atoms with Gasteiger partial charge in [0.2, 0.25) is 5.91 Å². The van der Waals surface area contributed by atoms with Crippen LogP contribution in [0.5, 0.6) is 5.75 Å². The first-order chi connectivity index (χ1) is 14.8. The van der Waals surface area contributed by atoms with Crippen LogP contribution in [0.4, 0.5) is 5.69 Å². The van der Waals surface area contributed by atoms with Crippen LogP contribution < -0.4 is 10.1 Å². The largest absolute Gasteiger partial charge is 0.492 e. The standard InChI is InChI=1S/C25H32N2O3/c28-24(25(13-5-2-6-14-25)21-7-3-1-4-8-21)26-22-9-11-23(12-10-22)30-20-17-27-15-18-29-19-16-27/h1,3-4,7-12H,2,5-6,13-20H2,(H,26,28). The number of benzene rings is 2. The number of morpholine rings is 1.